The number of carbonyl (C=O) groups excluding carboxylic acids is 2. The van der Waals surface area contributed by atoms with Crippen LogP contribution in [0.25, 0.3) is 0 Å². The summed E-state index contributed by atoms with van der Waals surface area (Å²) in [7, 11) is 1.50. The Labute approximate surface area is 149 Å². The highest BCUT2D eigenvalue weighted by Crippen LogP contribution is 2.78. The molecule has 136 valence electrons. The lowest BCUT2D eigenvalue weighted by Gasteiger charge is -2.55. The van der Waals surface area contributed by atoms with E-state index in [1.165, 1.54) is 19.1 Å². The van der Waals surface area contributed by atoms with E-state index in [4.69, 9.17) is 9.47 Å². The molecule has 4 bridgehead atoms. The molecule has 1 saturated heterocycles. The molecule has 0 radical (unpaired) electrons. The average molecular weight is 344 g/mol. The standard InChI is InChI=1S/C21H28O4/c1-12-9-21-10-13(12)5-6-14(21)20-8-4-7-19(2,18(23)25-11-20)16(20)15(21)17(22)24-3/h13-16H,1,4-11H2,2-3H3. The Kier molecular flexibility index (Phi) is 2.98. The SMILES string of the molecule is C=C1CC23CC1CCC2C12CCCC(C)(C(=O)OC1)C2C3C(=O)OC. The lowest BCUT2D eigenvalue weighted by atomic mass is 9.51. The lowest BCUT2D eigenvalue weighted by molar-refractivity contribution is -0.201. The Hall–Kier alpha value is -1.32. The summed E-state index contributed by atoms with van der Waals surface area (Å²) in [6.45, 7) is 6.91. The van der Waals surface area contributed by atoms with E-state index in [9.17, 15) is 9.59 Å². The van der Waals surface area contributed by atoms with Gasteiger partial charge in [-0.25, -0.2) is 0 Å². The number of cyclic esters (lactones) is 1. The molecular formula is C21H28O4. The highest BCUT2D eigenvalue weighted by atomic mass is 16.5. The molecule has 25 heavy (non-hydrogen) atoms. The van der Waals surface area contributed by atoms with Gasteiger partial charge in [-0.15, -0.1) is 0 Å². The smallest absolute Gasteiger partial charge is 0.312 e. The normalized spacial score (nSPS) is 53.0. The molecule has 4 aliphatic carbocycles. The molecule has 7 unspecified atom stereocenters. The summed E-state index contributed by atoms with van der Waals surface area (Å²) >= 11 is 0. The van der Waals surface area contributed by atoms with Crippen LogP contribution in [0.1, 0.15) is 51.9 Å². The van der Waals surface area contributed by atoms with E-state index < -0.39 is 5.41 Å². The molecule has 5 fully saturated rings. The predicted molar refractivity (Wildman–Crippen MR) is 91.4 cm³/mol. The second-order valence-electron chi connectivity index (χ2n) is 9.66. The van der Waals surface area contributed by atoms with Crippen LogP contribution in [-0.2, 0) is 19.1 Å². The fourth-order valence-corrected chi connectivity index (χ4v) is 8.29. The van der Waals surface area contributed by atoms with Gasteiger partial charge in [0.25, 0.3) is 0 Å². The maximum Gasteiger partial charge on any atom is 0.312 e. The number of fused-ring (bicyclic) bond motifs is 1. The van der Waals surface area contributed by atoms with Crippen LogP contribution in [0.3, 0.4) is 0 Å². The van der Waals surface area contributed by atoms with Crippen LogP contribution in [-0.4, -0.2) is 25.7 Å². The molecule has 4 nitrogen and oxygen atoms in total. The molecule has 1 aliphatic heterocycles. The first-order valence-electron chi connectivity index (χ1n) is 9.82. The van der Waals surface area contributed by atoms with E-state index >= 15 is 0 Å². The average Bonchev–Trinajstić information content (AvgIpc) is 3.00. The summed E-state index contributed by atoms with van der Waals surface area (Å²) in [6.07, 6.45) is 7.28. The third kappa shape index (κ3) is 1.61. The Morgan fingerprint density at radius 2 is 2.08 bits per heavy atom. The van der Waals surface area contributed by atoms with Crippen molar-refractivity contribution in [1.82, 2.24) is 0 Å². The summed E-state index contributed by atoms with van der Waals surface area (Å²) in [6, 6.07) is 0. The highest BCUT2D eigenvalue weighted by molar-refractivity contribution is 5.82. The van der Waals surface area contributed by atoms with Gasteiger partial charge in [-0.2, -0.15) is 0 Å². The van der Waals surface area contributed by atoms with E-state index in [1.807, 2.05) is 0 Å². The van der Waals surface area contributed by atoms with Crippen LogP contribution >= 0.6 is 0 Å². The van der Waals surface area contributed by atoms with Crippen LogP contribution < -0.4 is 0 Å². The zero-order chi connectivity index (χ0) is 17.6. The topological polar surface area (TPSA) is 52.6 Å². The van der Waals surface area contributed by atoms with Gasteiger partial charge in [0, 0.05) is 5.41 Å². The summed E-state index contributed by atoms with van der Waals surface area (Å²) in [5.74, 6) is 0.696. The van der Waals surface area contributed by atoms with Crippen molar-refractivity contribution in [2.45, 2.75) is 51.9 Å². The van der Waals surface area contributed by atoms with Gasteiger partial charge in [0.1, 0.15) is 0 Å². The van der Waals surface area contributed by atoms with Gasteiger partial charge >= 0.3 is 11.9 Å². The molecule has 4 heteroatoms. The number of methoxy groups -OCH3 is 1. The van der Waals surface area contributed by atoms with Crippen molar-refractivity contribution in [3.63, 3.8) is 0 Å². The summed E-state index contributed by atoms with van der Waals surface area (Å²) in [5, 5.41) is 0. The van der Waals surface area contributed by atoms with Crippen molar-refractivity contribution < 1.29 is 19.1 Å². The first kappa shape index (κ1) is 15.9. The molecule has 0 aromatic carbocycles. The maximum atomic E-state index is 13.1. The van der Waals surface area contributed by atoms with E-state index in [0.29, 0.717) is 18.4 Å². The Morgan fingerprint density at radius 1 is 1.28 bits per heavy atom. The minimum Gasteiger partial charge on any atom is -0.469 e. The predicted octanol–water partition coefficient (Wildman–Crippen LogP) is 3.50. The zero-order valence-electron chi connectivity index (χ0n) is 15.3. The van der Waals surface area contributed by atoms with Crippen molar-refractivity contribution in [3.05, 3.63) is 12.2 Å². The van der Waals surface area contributed by atoms with E-state index in [-0.39, 0.29) is 34.6 Å². The van der Waals surface area contributed by atoms with Gasteiger partial charge in [-0.05, 0) is 68.6 Å². The fraction of sp³-hybridized carbons (Fsp3) is 0.810. The van der Waals surface area contributed by atoms with E-state index in [1.54, 1.807) is 0 Å². The number of ether oxygens (including phenoxy) is 2. The number of esters is 2. The molecule has 0 amide bonds. The first-order valence-corrected chi connectivity index (χ1v) is 9.82. The van der Waals surface area contributed by atoms with Gasteiger partial charge in [-0.3, -0.25) is 9.59 Å². The maximum absolute atomic E-state index is 13.1. The highest BCUT2D eigenvalue weighted by Gasteiger charge is 2.78. The molecule has 5 aliphatic rings. The molecular weight excluding hydrogens is 316 g/mol. The van der Waals surface area contributed by atoms with Gasteiger partial charge in [0.2, 0.25) is 0 Å². The number of carbonyl (C=O) groups is 2. The molecule has 1 spiro atoms. The number of allylic oxidation sites excluding steroid dienone is 1. The Balaban J connectivity index is 1.74. The van der Waals surface area contributed by atoms with E-state index in [2.05, 4.69) is 13.5 Å². The molecule has 7 atom stereocenters. The van der Waals surface area contributed by atoms with Crippen molar-refractivity contribution in [3.8, 4) is 0 Å². The number of hydrogen-bond acceptors (Lipinski definition) is 4. The summed E-state index contributed by atoms with van der Waals surface area (Å²) in [5.41, 5.74) is 0.687. The molecule has 0 aromatic rings. The van der Waals surface area contributed by atoms with Crippen molar-refractivity contribution in [2.24, 2.45) is 39.9 Å². The van der Waals surface area contributed by atoms with Gasteiger partial charge < -0.3 is 9.47 Å². The summed E-state index contributed by atoms with van der Waals surface area (Å²) < 4.78 is 11.1. The number of rotatable bonds is 1. The third-order valence-corrected chi connectivity index (χ3v) is 8.94. The van der Waals surface area contributed by atoms with Gasteiger partial charge in [-0.1, -0.05) is 18.6 Å². The fourth-order valence-electron chi connectivity index (χ4n) is 8.29. The molecule has 0 aromatic heterocycles. The molecule has 5 rings (SSSR count). The third-order valence-electron chi connectivity index (χ3n) is 8.94. The van der Waals surface area contributed by atoms with Crippen LogP contribution in [0, 0.1) is 39.9 Å². The van der Waals surface area contributed by atoms with Gasteiger partial charge in [0.15, 0.2) is 0 Å². The first-order chi connectivity index (χ1) is 11.9. The van der Waals surface area contributed by atoms with Crippen LogP contribution in [0.4, 0.5) is 0 Å². The zero-order valence-corrected chi connectivity index (χ0v) is 15.3. The monoisotopic (exact) mass is 344 g/mol. The summed E-state index contributed by atoms with van der Waals surface area (Å²) in [4.78, 5) is 25.9. The van der Waals surface area contributed by atoms with Crippen LogP contribution in [0.2, 0.25) is 0 Å². The van der Waals surface area contributed by atoms with Crippen molar-refractivity contribution >= 4 is 11.9 Å². The minimum atomic E-state index is -0.541. The minimum absolute atomic E-state index is 0.0324. The number of hydrogen-bond donors (Lipinski definition) is 0. The molecule has 4 saturated carbocycles. The largest absolute Gasteiger partial charge is 0.469 e. The van der Waals surface area contributed by atoms with Crippen LogP contribution in [0.15, 0.2) is 12.2 Å². The molecule has 0 N–H and O–H groups in total. The Morgan fingerprint density at radius 3 is 2.84 bits per heavy atom. The quantitative estimate of drug-likeness (QED) is 0.540. The second-order valence-corrected chi connectivity index (χ2v) is 9.66. The van der Waals surface area contributed by atoms with Gasteiger partial charge in [0.05, 0.1) is 25.0 Å². The second kappa shape index (κ2) is 4.69. The van der Waals surface area contributed by atoms with E-state index in [0.717, 1.165) is 38.5 Å². The Bertz CT molecular complexity index is 683. The van der Waals surface area contributed by atoms with Crippen molar-refractivity contribution in [1.29, 1.82) is 0 Å². The molecule has 1 heterocycles. The van der Waals surface area contributed by atoms with Crippen LogP contribution in [0.5, 0.6) is 0 Å². The van der Waals surface area contributed by atoms with Crippen molar-refractivity contribution in [2.75, 3.05) is 13.7 Å². The lowest BCUT2D eigenvalue weighted by Crippen LogP contribution is -2.58.